The predicted octanol–water partition coefficient (Wildman–Crippen LogP) is 6.75. The van der Waals surface area contributed by atoms with E-state index in [1.807, 2.05) is 30.3 Å². The average Bonchev–Trinajstić information content (AvgIpc) is 3.74. The SMILES string of the molecule is O=C(C1CCCC1)n1c2cncc(c2)c2ccc3[nH][nH]c(c4nc5nccc(c6ccc1s6)c5n4)-c3c2F. The van der Waals surface area contributed by atoms with E-state index in [2.05, 4.69) is 25.1 Å². The van der Waals surface area contributed by atoms with E-state index in [-0.39, 0.29) is 11.8 Å². The summed E-state index contributed by atoms with van der Waals surface area (Å²) in [6.07, 6.45) is 8.84. The van der Waals surface area contributed by atoms with Crippen molar-refractivity contribution in [2.24, 2.45) is 5.92 Å². The van der Waals surface area contributed by atoms with E-state index in [9.17, 15) is 4.79 Å². The van der Waals surface area contributed by atoms with Crippen molar-refractivity contribution in [1.82, 2.24) is 34.7 Å². The molecule has 10 heteroatoms. The first-order valence-electron chi connectivity index (χ1n) is 12.6. The molecule has 2 aliphatic heterocycles. The fraction of sp³-hybridized carbons (Fsp3) is 0.179. The van der Waals surface area contributed by atoms with Crippen LogP contribution in [-0.4, -0.2) is 40.6 Å². The molecular weight excluding hydrogens is 501 g/mol. The Morgan fingerprint density at radius 1 is 1.00 bits per heavy atom. The van der Waals surface area contributed by atoms with Crippen molar-refractivity contribution < 1.29 is 9.18 Å². The van der Waals surface area contributed by atoms with Gasteiger partial charge in [-0.25, -0.2) is 19.3 Å². The van der Waals surface area contributed by atoms with Crippen LogP contribution in [0.25, 0.3) is 64.8 Å². The molecule has 6 heterocycles. The number of hydrogen-bond donors (Lipinski definition) is 2. The Hall–Kier alpha value is -4.44. The van der Waals surface area contributed by atoms with Gasteiger partial charge in [0.05, 0.1) is 22.8 Å². The van der Waals surface area contributed by atoms with E-state index in [0.29, 0.717) is 49.9 Å². The highest BCUT2D eigenvalue weighted by Gasteiger charge is 2.25. The van der Waals surface area contributed by atoms with E-state index in [1.165, 1.54) is 11.3 Å². The van der Waals surface area contributed by atoms with Gasteiger partial charge in [-0.1, -0.05) is 12.8 Å². The lowest BCUT2D eigenvalue weighted by Gasteiger charge is -2.12. The van der Waals surface area contributed by atoms with Gasteiger partial charge in [-0.15, -0.1) is 11.3 Å². The van der Waals surface area contributed by atoms with E-state index < -0.39 is 5.82 Å². The molecule has 38 heavy (non-hydrogen) atoms. The molecule has 1 aromatic carbocycles. The van der Waals surface area contributed by atoms with Gasteiger partial charge in [-0.05, 0) is 49.2 Å². The number of aromatic nitrogens is 7. The third kappa shape index (κ3) is 3.10. The van der Waals surface area contributed by atoms with Crippen LogP contribution in [-0.2, 0) is 0 Å². The second-order valence-corrected chi connectivity index (χ2v) is 10.8. The lowest BCUT2D eigenvalue weighted by atomic mass is 10.1. The fourth-order valence-corrected chi connectivity index (χ4v) is 6.75. The van der Waals surface area contributed by atoms with Gasteiger partial charge in [0.15, 0.2) is 11.3 Å². The summed E-state index contributed by atoms with van der Waals surface area (Å²) < 4.78 is 18.9. The van der Waals surface area contributed by atoms with Crippen LogP contribution in [0, 0.1) is 11.7 Å². The summed E-state index contributed by atoms with van der Waals surface area (Å²) in [7, 11) is 0. The molecular formula is C28H20FN7OS. The highest BCUT2D eigenvalue weighted by molar-refractivity contribution is 7.24. The average molecular weight is 522 g/mol. The molecule has 0 amide bonds. The van der Waals surface area contributed by atoms with Crippen molar-refractivity contribution in [2.75, 3.05) is 0 Å². The first-order valence-corrected chi connectivity index (χ1v) is 13.4. The number of nitrogens with one attached hydrogen (secondary N) is 2. The lowest BCUT2D eigenvalue weighted by molar-refractivity contribution is 0.0847. The number of hydrogen-bond acceptors (Lipinski definition) is 6. The maximum absolute atomic E-state index is 16.2. The molecule has 8 nitrogen and oxygen atoms in total. The molecule has 0 unspecified atom stereocenters. The Kier molecular flexibility index (Phi) is 4.57. The van der Waals surface area contributed by atoms with Crippen molar-refractivity contribution in [3.05, 3.63) is 60.8 Å². The molecule has 5 aromatic rings. The number of halogens is 1. The summed E-state index contributed by atoms with van der Waals surface area (Å²) in [6.45, 7) is 0. The van der Waals surface area contributed by atoms with Gasteiger partial charge >= 0.3 is 0 Å². The molecule has 3 aliphatic rings. The zero-order chi connectivity index (χ0) is 25.4. The van der Waals surface area contributed by atoms with Gasteiger partial charge in [-0.3, -0.25) is 24.5 Å². The van der Waals surface area contributed by atoms with Crippen LogP contribution in [0.15, 0.2) is 55.0 Å². The normalized spacial score (nSPS) is 14.6. The number of nitrogens with zero attached hydrogens (tertiary/aromatic N) is 5. The van der Waals surface area contributed by atoms with Crippen LogP contribution in [0.1, 0.15) is 30.5 Å². The third-order valence-corrected chi connectivity index (χ3v) is 8.67. The number of thiophene rings is 1. The Morgan fingerprint density at radius 2 is 1.89 bits per heavy atom. The molecule has 8 bridgehead atoms. The van der Waals surface area contributed by atoms with Crippen LogP contribution in [0.5, 0.6) is 0 Å². The quantitative estimate of drug-likeness (QED) is 0.249. The summed E-state index contributed by atoms with van der Waals surface area (Å²) in [6, 6.07) is 11.2. The number of H-pyrrole nitrogens is 2. The Bertz CT molecular complexity index is 2090. The summed E-state index contributed by atoms with van der Waals surface area (Å²) in [5, 5.41) is 7.92. The molecule has 1 saturated carbocycles. The molecule has 4 aromatic heterocycles. The minimum atomic E-state index is -0.419. The number of imidazole rings is 1. The molecule has 0 spiro atoms. The molecule has 2 N–H and O–H groups in total. The molecule has 8 rings (SSSR count). The van der Waals surface area contributed by atoms with Crippen molar-refractivity contribution in [1.29, 1.82) is 0 Å². The Balaban J connectivity index is 1.59. The number of aromatic amines is 2. The number of fused-ring (bicyclic) bond motifs is 9. The Morgan fingerprint density at radius 3 is 2.79 bits per heavy atom. The van der Waals surface area contributed by atoms with Crippen molar-refractivity contribution in [3.8, 4) is 11.3 Å². The monoisotopic (exact) mass is 521 g/mol. The summed E-state index contributed by atoms with van der Waals surface area (Å²) >= 11 is 1.51. The van der Waals surface area contributed by atoms with E-state index >= 15 is 4.39 Å². The van der Waals surface area contributed by atoms with E-state index in [0.717, 1.165) is 40.6 Å². The van der Waals surface area contributed by atoms with Crippen LogP contribution < -0.4 is 0 Å². The number of rotatable bonds is 1. The van der Waals surface area contributed by atoms with Crippen LogP contribution in [0.2, 0.25) is 0 Å². The minimum absolute atomic E-state index is 0.0477. The standard InChI is InChI=1S/C28H20FN7OS/c29-23-17-5-6-19-22(23)25(35-34-19)27-32-24-18(9-10-31-26(24)33-27)20-7-8-21(38-20)36(16-11-15(17)12-30-13-16)28(37)14-3-1-2-4-14/h5-14,34-35H,1-4H2. The predicted molar refractivity (Wildman–Crippen MR) is 147 cm³/mol. The highest BCUT2D eigenvalue weighted by atomic mass is 32.1. The zero-order valence-corrected chi connectivity index (χ0v) is 20.8. The van der Waals surface area contributed by atoms with Crippen molar-refractivity contribution in [2.45, 2.75) is 25.7 Å². The summed E-state index contributed by atoms with van der Waals surface area (Å²) in [5.74, 6) is -0.418. The summed E-state index contributed by atoms with van der Waals surface area (Å²) in [5.41, 5.74) is 3.49. The molecule has 0 atom stereocenters. The van der Waals surface area contributed by atoms with Gasteiger partial charge in [0.2, 0.25) is 5.91 Å². The van der Waals surface area contributed by atoms with Gasteiger partial charge in [-0.2, -0.15) is 0 Å². The maximum atomic E-state index is 16.2. The molecule has 1 aliphatic carbocycles. The summed E-state index contributed by atoms with van der Waals surface area (Å²) in [4.78, 5) is 33.0. The second kappa shape index (κ2) is 8.03. The molecule has 0 radical (unpaired) electrons. The molecule has 186 valence electrons. The maximum Gasteiger partial charge on any atom is 0.235 e. The van der Waals surface area contributed by atoms with E-state index in [1.54, 1.807) is 29.2 Å². The Labute approximate surface area is 218 Å². The first kappa shape index (κ1) is 21.6. The van der Waals surface area contributed by atoms with Gasteiger partial charge < -0.3 is 0 Å². The third-order valence-electron chi connectivity index (χ3n) is 7.57. The van der Waals surface area contributed by atoms with Crippen molar-refractivity contribution >= 4 is 70.8 Å². The van der Waals surface area contributed by atoms with Crippen LogP contribution >= 0.6 is 11.3 Å². The molecule has 1 fully saturated rings. The topological polar surface area (TPSA) is 105 Å². The van der Waals surface area contributed by atoms with Crippen LogP contribution in [0.3, 0.4) is 0 Å². The minimum Gasteiger partial charge on any atom is -0.300 e. The number of benzene rings is 1. The number of pyridine rings is 2. The first-order chi connectivity index (χ1) is 18.7. The lowest BCUT2D eigenvalue weighted by Crippen LogP contribution is -2.19. The van der Waals surface area contributed by atoms with Gasteiger partial charge in [0.1, 0.15) is 21.9 Å². The van der Waals surface area contributed by atoms with E-state index in [4.69, 9.17) is 4.98 Å². The molecule has 0 saturated heterocycles. The van der Waals surface area contributed by atoms with Gasteiger partial charge in [0.25, 0.3) is 0 Å². The highest BCUT2D eigenvalue weighted by Crippen LogP contribution is 2.35. The van der Waals surface area contributed by atoms with Crippen molar-refractivity contribution in [3.63, 3.8) is 0 Å². The largest absolute Gasteiger partial charge is 0.300 e. The second-order valence-electron chi connectivity index (χ2n) is 9.78. The smallest absolute Gasteiger partial charge is 0.235 e. The fourth-order valence-electron chi connectivity index (χ4n) is 5.69. The van der Waals surface area contributed by atoms with Crippen LogP contribution in [0.4, 0.5) is 4.39 Å². The van der Waals surface area contributed by atoms with Gasteiger partial charge in [0, 0.05) is 39.2 Å². The number of carbonyl (C=O) groups is 1. The number of carbonyl (C=O) groups excluding carboxylic acids is 1. The zero-order valence-electron chi connectivity index (χ0n) is 20.0.